The maximum Gasteiger partial charge on any atom is 0.274 e. The summed E-state index contributed by atoms with van der Waals surface area (Å²) in [5.41, 5.74) is 2.65. The van der Waals surface area contributed by atoms with E-state index in [1.54, 1.807) is 0 Å². The van der Waals surface area contributed by atoms with Gasteiger partial charge in [-0.3, -0.25) is 9.69 Å². The van der Waals surface area contributed by atoms with Crippen molar-refractivity contribution >= 4 is 11.6 Å². The summed E-state index contributed by atoms with van der Waals surface area (Å²) in [6.07, 6.45) is 5.90. The SMILES string of the molecule is CN(Cc1ccccc1)C1CCCN(C(=O)c2cn3ccccc3n2)C1. The number of piperidine rings is 1. The first-order chi connectivity index (χ1) is 12.7. The average molecular weight is 348 g/mol. The number of hydrogen-bond acceptors (Lipinski definition) is 3. The maximum absolute atomic E-state index is 12.9. The Labute approximate surface area is 153 Å². The zero-order valence-corrected chi connectivity index (χ0v) is 15.1. The number of likely N-dealkylation sites (N-methyl/N-ethyl adjacent to an activating group) is 1. The Morgan fingerprint density at radius 3 is 2.81 bits per heavy atom. The highest BCUT2D eigenvalue weighted by Crippen LogP contribution is 2.19. The molecule has 0 N–H and O–H groups in total. The number of nitrogens with zero attached hydrogens (tertiary/aromatic N) is 4. The maximum atomic E-state index is 12.9. The van der Waals surface area contributed by atoms with Gasteiger partial charge in [0.15, 0.2) is 0 Å². The summed E-state index contributed by atoms with van der Waals surface area (Å²) in [5, 5.41) is 0. The van der Waals surface area contributed by atoms with Crippen molar-refractivity contribution in [2.24, 2.45) is 0 Å². The van der Waals surface area contributed by atoms with E-state index in [0.29, 0.717) is 11.7 Å². The van der Waals surface area contributed by atoms with Crippen molar-refractivity contribution in [1.82, 2.24) is 19.2 Å². The van der Waals surface area contributed by atoms with Gasteiger partial charge in [0, 0.05) is 38.1 Å². The van der Waals surface area contributed by atoms with Gasteiger partial charge >= 0.3 is 0 Å². The Morgan fingerprint density at radius 1 is 1.19 bits per heavy atom. The quantitative estimate of drug-likeness (QED) is 0.728. The molecule has 0 spiro atoms. The van der Waals surface area contributed by atoms with Crippen LogP contribution in [0.2, 0.25) is 0 Å². The molecule has 0 bridgehead atoms. The van der Waals surface area contributed by atoms with Crippen LogP contribution in [-0.2, 0) is 6.54 Å². The van der Waals surface area contributed by atoms with Crippen molar-refractivity contribution in [2.75, 3.05) is 20.1 Å². The predicted octanol–water partition coefficient (Wildman–Crippen LogP) is 3.07. The van der Waals surface area contributed by atoms with Crippen molar-refractivity contribution in [2.45, 2.75) is 25.4 Å². The predicted molar refractivity (Wildman–Crippen MR) is 102 cm³/mol. The molecule has 5 heteroatoms. The normalized spacial score (nSPS) is 17.8. The molecule has 26 heavy (non-hydrogen) atoms. The number of fused-ring (bicyclic) bond motifs is 1. The van der Waals surface area contributed by atoms with Gasteiger partial charge < -0.3 is 9.30 Å². The number of imidazole rings is 1. The standard InChI is InChI=1S/C21H24N4O/c1-23(14-17-8-3-2-4-9-17)18-10-7-13-25(15-18)21(26)19-16-24-12-6-5-11-20(24)22-19/h2-6,8-9,11-12,16,18H,7,10,13-15H2,1H3. The lowest BCUT2D eigenvalue weighted by molar-refractivity contribution is 0.0597. The number of pyridine rings is 1. The number of amides is 1. The molecule has 1 amide bonds. The van der Waals surface area contributed by atoms with Crippen LogP contribution >= 0.6 is 0 Å². The fraction of sp³-hybridized carbons (Fsp3) is 0.333. The minimum absolute atomic E-state index is 0.0338. The molecule has 1 unspecified atom stereocenters. The van der Waals surface area contributed by atoms with Crippen molar-refractivity contribution in [3.8, 4) is 0 Å². The van der Waals surface area contributed by atoms with Crippen LogP contribution in [0.15, 0.2) is 60.9 Å². The van der Waals surface area contributed by atoms with E-state index in [4.69, 9.17) is 0 Å². The molecule has 2 aromatic heterocycles. The molecule has 1 fully saturated rings. The van der Waals surface area contributed by atoms with Crippen molar-refractivity contribution in [3.63, 3.8) is 0 Å². The lowest BCUT2D eigenvalue weighted by atomic mass is 10.0. The highest BCUT2D eigenvalue weighted by atomic mass is 16.2. The Morgan fingerprint density at radius 2 is 2.00 bits per heavy atom. The lowest BCUT2D eigenvalue weighted by Gasteiger charge is -2.37. The molecular weight excluding hydrogens is 324 g/mol. The molecule has 3 aromatic rings. The summed E-state index contributed by atoms with van der Waals surface area (Å²) < 4.78 is 1.90. The number of rotatable bonds is 4. The second kappa shape index (κ2) is 7.30. The van der Waals surface area contributed by atoms with Gasteiger partial charge in [0.05, 0.1) is 0 Å². The number of hydrogen-bond donors (Lipinski definition) is 0. The van der Waals surface area contributed by atoms with Crippen LogP contribution in [0, 0.1) is 0 Å². The van der Waals surface area contributed by atoms with Gasteiger partial charge in [-0.15, -0.1) is 0 Å². The van der Waals surface area contributed by atoms with E-state index >= 15 is 0 Å². The minimum atomic E-state index is 0.0338. The number of likely N-dealkylation sites (tertiary alicyclic amines) is 1. The molecule has 1 atom stereocenters. The van der Waals surface area contributed by atoms with Crippen LogP contribution in [0.4, 0.5) is 0 Å². The fourth-order valence-corrected chi connectivity index (χ4v) is 3.70. The molecule has 134 valence electrons. The molecule has 0 aliphatic carbocycles. The van der Waals surface area contributed by atoms with Gasteiger partial charge in [-0.1, -0.05) is 36.4 Å². The first-order valence-electron chi connectivity index (χ1n) is 9.18. The summed E-state index contributed by atoms with van der Waals surface area (Å²) >= 11 is 0. The third-order valence-corrected chi connectivity index (χ3v) is 5.16. The first-order valence-corrected chi connectivity index (χ1v) is 9.18. The molecule has 0 saturated carbocycles. The monoisotopic (exact) mass is 348 g/mol. The van der Waals surface area contributed by atoms with E-state index in [1.165, 1.54) is 5.56 Å². The molecule has 3 heterocycles. The zero-order valence-electron chi connectivity index (χ0n) is 15.1. The van der Waals surface area contributed by atoms with E-state index in [2.05, 4.69) is 41.2 Å². The summed E-state index contributed by atoms with van der Waals surface area (Å²) in [7, 11) is 2.15. The Bertz CT molecular complexity index is 856. The van der Waals surface area contributed by atoms with Gasteiger partial charge in [-0.2, -0.15) is 0 Å². The average Bonchev–Trinajstić information content (AvgIpc) is 3.12. The van der Waals surface area contributed by atoms with Crippen molar-refractivity contribution in [1.29, 1.82) is 0 Å². The number of benzene rings is 1. The summed E-state index contributed by atoms with van der Waals surface area (Å²) in [5.74, 6) is 0.0338. The van der Waals surface area contributed by atoms with Crippen LogP contribution in [-0.4, -0.2) is 51.3 Å². The molecule has 1 aromatic carbocycles. The van der Waals surface area contributed by atoms with Crippen LogP contribution in [0.1, 0.15) is 28.9 Å². The lowest BCUT2D eigenvalue weighted by Crippen LogP contribution is -2.48. The minimum Gasteiger partial charge on any atom is -0.336 e. The third kappa shape index (κ3) is 3.48. The smallest absolute Gasteiger partial charge is 0.274 e. The van der Waals surface area contributed by atoms with E-state index in [9.17, 15) is 4.79 Å². The molecule has 5 nitrogen and oxygen atoms in total. The van der Waals surface area contributed by atoms with Gasteiger partial charge in [-0.25, -0.2) is 4.98 Å². The van der Waals surface area contributed by atoms with Crippen molar-refractivity contribution < 1.29 is 4.79 Å². The van der Waals surface area contributed by atoms with E-state index in [0.717, 1.165) is 38.1 Å². The number of aromatic nitrogens is 2. The summed E-state index contributed by atoms with van der Waals surface area (Å²) in [4.78, 5) is 21.7. The van der Waals surface area contributed by atoms with Gasteiger partial charge in [0.25, 0.3) is 5.91 Å². The van der Waals surface area contributed by atoms with E-state index in [1.807, 2.05) is 46.0 Å². The van der Waals surface area contributed by atoms with Gasteiger partial charge in [0.1, 0.15) is 11.3 Å². The number of carbonyl (C=O) groups is 1. The Hall–Kier alpha value is -2.66. The van der Waals surface area contributed by atoms with Crippen LogP contribution < -0.4 is 0 Å². The van der Waals surface area contributed by atoms with Crippen LogP contribution in [0.5, 0.6) is 0 Å². The number of carbonyl (C=O) groups excluding carboxylic acids is 1. The zero-order chi connectivity index (χ0) is 17.9. The molecule has 1 saturated heterocycles. The summed E-state index contributed by atoms with van der Waals surface area (Å²) in [6.45, 7) is 2.47. The molecule has 1 aliphatic rings. The van der Waals surface area contributed by atoms with Gasteiger partial charge in [0.2, 0.25) is 0 Å². The second-order valence-corrected chi connectivity index (χ2v) is 7.04. The molecule has 0 radical (unpaired) electrons. The summed E-state index contributed by atoms with van der Waals surface area (Å²) in [6, 6.07) is 16.7. The van der Waals surface area contributed by atoms with E-state index in [-0.39, 0.29) is 5.91 Å². The third-order valence-electron chi connectivity index (χ3n) is 5.16. The molecule has 4 rings (SSSR count). The van der Waals surface area contributed by atoms with Crippen molar-refractivity contribution in [3.05, 3.63) is 72.2 Å². The highest BCUT2D eigenvalue weighted by molar-refractivity contribution is 5.93. The van der Waals surface area contributed by atoms with Crippen LogP contribution in [0.3, 0.4) is 0 Å². The highest BCUT2D eigenvalue weighted by Gasteiger charge is 2.28. The fourth-order valence-electron chi connectivity index (χ4n) is 3.70. The Balaban J connectivity index is 1.44. The molecule has 1 aliphatic heterocycles. The molecular formula is C21H24N4O. The van der Waals surface area contributed by atoms with Gasteiger partial charge in [-0.05, 0) is 37.6 Å². The Kier molecular flexibility index (Phi) is 4.71. The largest absolute Gasteiger partial charge is 0.336 e. The van der Waals surface area contributed by atoms with E-state index < -0.39 is 0 Å². The topological polar surface area (TPSA) is 40.9 Å². The first kappa shape index (κ1) is 16.8. The second-order valence-electron chi connectivity index (χ2n) is 7.04. The van der Waals surface area contributed by atoms with Crippen LogP contribution in [0.25, 0.3) is 5.65 Å².